The third-order valence-corrected chi connectivity index (χ3v) is 3.25. The summed E-state index contributed by atoms with van der Waals surface area (Å²) in [5, 5.41) is 3.04. The van der Waals surface area contributed by atoms with Crippen LogP contribution < -0.4 is 14.8 Å². The van der Waals surface area contributed by atoms with Gasteiger partial charge in [-0.2, -0.15) is 0 Å². The molecule has 6 heteroatoms. The molecule has 1 heterocycles. The molecule has 2 aromatic rings. The monoisotopic (exact) mass is 305 g/mol. The van der Waals surface area contributed by atoms with Gasteiger partial charge in [-0.25, -0.2) is 4.79 Å². The van der Waals surface area contributed by atoms with Crippen molar-refractivity contribution in [2.24, 2.45) is 0 Å². The first-order valence-electron chi connectivity index (χ1n) is 6.29. The number of para-hydroxylation sites is 1. The van der Waals surface area contributed by atoms with Crippen LogP contribution in [0.5, 0.6) is 11.5 Å². The van der Waals surface area contributed by atoms with Crippen molar-refractivity contribution in [3.63, 3.8) is 0 Å². The van der Waals surface area contributed by atoms with E-state index in [4.69, 9.17) is 25.8 Å². The summed E-state index contributed by atoms with van der Waals surface area (Å²) in [5.41, 5.74) is 1.32. The maximum Gasteiger partial charge on any atom is 0.412 e. The van der Waals surface area contributed by atoms with E-state index in [1.165, 1.54) is 0 Å². The van der Waals surface area contributed by atoms with E-state index < -0.39 is 6.09 Å². The Kier molecular flexibility index (Phi) is 3.83. The van der Waals surface area contributed by atoms with Crippen LogP contribution in [-0.2, 0) is 11.3 Å². The Labute approximate surface area is 126 Å². The number of amides is 1. The van der Waals surface area contributed by atoms with E-state index in [0.717, 1.165) is 5.56 Å². The molecular formula is C15H12ClNO4. The molecule has 0 aliphatic carbocycles. The van der Waals surface area contributed by atoms with E-state index in [1.807, 2.05) is 6.07 Å². The van der Waals surface area contributed by atoms with Crippen molar-refractivity contribution in [3.8, 4) is 11.5 Å². The number of hydrogen-bond donors (Lipinski definition) is 1. The minimum atomic E-state index is -0.569. The van der Waals surface area contributed by atoms with Crippen molar-refractivity contribution in [2.45, 2.75) is 6.61 Å². The summed E-state index contributed by atoms with van der Waals surface area (Å²) in [4.78, 5) is 11.7. The molecule has 0 aromatic heterocycles. The first kappa shape index (κ1) is 13.6. The van der Waals surface area contributed by atoms with Crippen LogP contribution in [0.3, 0.4) is 0 Å². The number of carbonyl (C=O) groups excluding carboxylic acids is 1. The molecule has 0 spiro atoms. The second-order valence-corrected chi connectivity index (χ2v) is 4.78. The Bertz CT molecular complexity index is 674. The summed E-state index contributed by atoms with van der Waals surface area (Å²) >= 11 is 5.95. The second-order valence-electron chi connectivity index (χ2n) is 4.37. The molecule has 21 heavy (non-hydrogen) atoms. The molecule has 0 unspecified atom stereocenters. The predicted octanol–water partition coefficient (Wildman–Crippen LogP) is 3.82. The zero-order valence-electron chi connectivity index (χ0n) is 11.0. The highest BCUT2D eigenvalue weighted by molar-refractivity contribution is 6.33. The average molecular weight is 306 g/mol. The molecule has 0 saturated carbocycles. The number of fused-ring (bicyclic) bond motifs is 1. The van der Waals surface area contributed by atoms with Gasteiger partial charge in [0.15, 0.2) is 11.5 Å². The summed E-state index contributed by atoms with van der Waals surface area (Å²) < 4.78 is 15.6. The lowest BCUT2D eigenvalue weighted by atomic mass is 10.2. The molecule has 0 bridgehead atoms. The van der Waals surface area contributed by atoms with Crippen LogP contribution in [0, 0.1) is 0 Å². The molecular weight excluding hydrogens is 294 g/mol. The fourth-order valence-corrected chi connectivity index (χ4v) is 2.07. The van der Waals surface area contributed by atoms with Gasteiger partial charge in [0.05, 0.1) is 10.7 Å². The highest BCUT2D eigenvalue weighted by Gasteiger charge is 2.14. The van der Waals surface area contributed by atoms with Crippen molar-refractivity contribution in [1.29, 1.82) is 0 Å². The molecule has 3 rings (SSSR count). The Morgan fingerprint density at radius 2 is 2.00 bits per heavy atom. The quantitative estimate of drug-likeness (QED) is 0.936. The highest BCUT2D eigenvalue weighted by atomic mass is 35.5. The van der Waals surface area contributed by atoms with Crippen molar-refractivity contribution < 1.29 is 19.0 Å². The molecule has 0 fully saturated rings. The fourth-order valence-electron chi connectivity index (χ4n) is 1.89. The van der Waals surface area contributed by atoms with Gasteiger partial charge >= 0.3 is 6.09 Å². The molecule has 0 atom stereocenters. The molecule has 5 nitrogen and oxygen atoms in total. The van der Waals surface area contributed by atoms with E-state index in [-0.39, 0.29) is 13.4 Å². The molecule has 1 N–H and O–H groups in total. The maximum absolute atomic E-state index is 11.7. The second kappa shape index (κ2) is 5.93. The summed E-state index contributed by atoms with van der Waals surface area (Å²) in [5.74, 6) is 1.35. The number of carbonyl (C=O) groups is 1. The summed E-state index contributed by atoms with van der Waals surface area (Å²) in [6.07, 6.45) is -0.569. The predicted molar refractivity (Wildman–Crippen MR) is 77.8 cm³/mol. The average Bonchev–Trinajstić information content (AvgIpc) is 2.95. The topological polar surface area (TPSA) is 56.8 Å². The third-order valence-electron chi connectivity index (χ3n) is 2.92. The standard InChI is InChI=1S/C15H12ClNO4/c16-11-3-1-2-4-12(11)17-15(18)19-8-10-5-6-13-14(7-10)21-9-20-13/h1-7H,8-9H2,(H,17,18). The minimum Gasteiger partial charge on any atom is -0.454 e. The molecule has 1 amide bonds. The van der Waals surface area contributed by atoms with Crippen LogP contribution in [0.2, 0.25) is 5.02 Å². The van der Waals surface area contributed by atoms with E-state index >= 15 is 0 Å². The van der Waals surface area contributed by atoms with Crippen LogP contribution in [0.1, 0.15) is 5.56 Å². The molecule has 0 saturated heterocycles. The Balaban J connectivity index is 1.58. The molecule has 1 aliphatic heterocycles. The fraction of sp³-hybridized carbons (Fsp3) is 0.133. The van der Waals surface area contributed by atoms with Crippen LogP contribution >= 0.6 is 11.6 Å². The van der Waals surface area contributed by atoms with Crippen molar-refractivity contribution in [2.75, 3.05) is 12.1 Å². The van der Waals surface area contributed by atoms with Crippen LogP contribution in [-0.4, -0.2) is 12.9 Å². The zero-order chi connectivity index (χ0) is 14.7. The van der Waals surface area contributed by atoms with E-state index in [9.17, 15) is 4.79 Å². The molecule has 0 radical (unpaired) electrons. The number of halogens is 1. The number of nitrogens with one attached hydrogen (secondary N) is 1. The highest BCUT2D eigenvalue weighted by Crippen LogP contribution is 2.32. The normalized spacial score (nSPS) is 12.0. The lowest BCUT2D eigenvalue weighted by Gasteiger charge is -2.08. The van der Waals surface area contributed by atoms with Crippen LogP contribution in [0.25, 0.3) is 0 Å². The third kappa shape index (κ3) is 3.20. The van der Waals surface area contributed by atoms with E-state index in [2.05, 4.69) is 5.32 Å². The molecule has 1 aliphatic rings. The lowest BCUT2D eigenvalue weighted by molar-refractivity contribution is 0.154. The Morgan fingerprint density at radius 3 is 2.86 bits per heavy atom. The summed E-state index contributed by atoms with van der Waals surface area (Å²) in [6, 6.07) is 12.3. The van der Waals surface area contributed by atoms with Crippen molar-refractivity contribution in [1.82, 2.24) is 0 Å². The number of anilines is 1. The molecule has 108 valence electrons. The first-order valence-corrected chi connectivity index (χ1v) is 6.67. The largest absolute Gasteiger partial charge is 0.454 e. The summed E-state index contributed by atoms with van der Waals surface area (Å²) in [7, 11) is 0. The first-order chi connectivity index (χ1) is 10.2. The van der Waals surface area contributed by atoms with Crippen LogP contribution in [0.15, 0.2) is 42.5 Å². The lowest BCUT2D eigenvalue weighted by Crippen LogP contribution is -2.13. The van der Waals surface area contributed by atoms with Gasteiger partial charge in [-0.3, -0.25) is 5.32 Å². The van der Waals surface area contributed by atoms with Gasteiger partial charge < -0.3 is 14.2 Å². The van der Waals surface area contributed by atoms with E-state index in [0.29, 0.717) is 22.2 Å². The van der Waals surface area contributed by atoms with Gasteiger partial charge in [-0.1, -0.05) is 29.8 Å². The van der Waals surface area contributed by atoms with E-state index in [1.54, 1.807) is 36.4 Å². The minimum absolute atomic E-state index is 0.132. The molecule has 2 aromatic carbocycles. The van der Waals surface area contributed by atoms with Gasteiger partial charge in [0.1, 0.15) is 6.61 Å². The number of benzene rings is 2. The van der Waals surface area contributed by atoms with Crippen molar-refractivity contribution >= 4 is 23.4 Å². The summed E-state index contributed by atoms with van der Waals surface area (Å²) in [6.45, 7) is 0.347. The van der Waals surface area contributed by atoms with Gasteiger partial charge in [0, 0.05) is 0 Å². The SMILES string of the molecule is O=C(Nc1ccccc1Cl)OCc1ccc2c(c1)OCO2. The van der Waals surface area contributed by atoms with Crippen molar-refractivity contribution in [3.05, 3.63) is 53.1 Å². The van der Waals surface area contributed by atoms with Gasteiger partial charge in [0.2, 0.25) is 6.79 Å². The van der Waals surface area contributed by atoms with Gasteiger partial charge in [-0.05, 0) is 29.8 Å². The van der Waals surface area contributed by atoms with Gasteiger partial charge in [0.25, 0.3) is 0 Å². The number of ether oxygens (including phenoxy) is 3. The smallest absolute Gasteiger partial charge is 0.412 e. The van der Waals surface area contributed by atoms with Gasteiger partial charge in [-0.15, -0.1) is 0 Å². The Morgan fingerprint density at radius 1 is 1.19 bits per heavy atom. The maximum atomic E-state index is 11.7. The zero-order valence-corrected chi connectivity index (χ0v) is 11.7. The number of rotatable bonds is 3. The van der Waals surface area contributed by atoms with Crippen LogP contribution in [0.4, 0.5) is 10.5 Å². The number of hydrogen-bond acceptors (Lipinski definition) is 4. The Hall–Kier alpha value is -2.40.